The fourth-order valence-electron chi connectivity index (χ4n) is 8.38. The van der Waals surface area contributed by atoms with E-state index in [1.165, 1.54) is 14.2 Å². The van der Waals surface area contributed by atoms with Crippen molar-refractivity contribution in [2.24, 2.45) is 0 Å². The van der Waals surface area contributed by atoms with Gasteiger partial charge in [0.1, 0.15) is 23.7 Å². The second-order valence-corrected chi connectivity index (χ2v) is 15.5. The van der Waals surface area contributed by atoms with E-state index in [9.17, 15) is 24.3 Å². The van der Waals surface area contributed by atoms with E-state index in [4.69, 9.17) is 9.72 Å². The lowest BCUT2D eigenvalue weighted by atomic mass is 10.0. The molecule has 4 amide bonds. The first-order chi connectivity index (χ1) is 30.2. The lowest BCUT2D eigenvalue weighted by Gasteiger charge is -2.31. The molecular weight excluding hydrogens is 789 g/mol. The summed E-state index contributed by atoms with van der Waals surface area (Å²) in [6, 6.07) is 24.9. The maximum Gasteiger partial charge on any atom is 0.407 e. The smallest absolute Gasteiger partial charge is 0.407 e. The fourth-order valence-corrected chi connectivity index (χ4v) is 8.38. The summed E-state index contributed by atoms with van der Waals surface area (Å²) >= 11 is 0. The number of rotatable bonds is 13. The molecule has 2 saturated heterocycles. The van der Waals surface area contributed by atoms with Crippen LogP contribution in [-0.2, 0) is 27.2 Å². The van der Waals surface area contributed by atoms with E-state index in [1.807, 2.05) is 42.5 Å². The number of nitrogens with one attached hydrogen (secondary N) is 3. The Morgan fingerprint density at radius 2 is 1.19 bits per heavy atom. The van der Waals surface area contributed by atoms with Crippen LogP contribution in [0, 0.1) is 0 Å². The number of aromatic amines is 2. The van der Waals surface area contributed by atoms with Crippen molar-refractivity contribution in [1.82, 2.24) is 49.9 Å². The van der Waals surface area contributed by atoms with E-state index in [1.54, 1.807) is 52.8 Å². The van der Waals surface area contributed by atoms with Crippen molar-refractivity contribution in [2.75, 3.05) is 27.2 Å². The molecule has 0 aliphatic carbocycles. The Kier molecular flexibility index (Phi) is 12.3. The predicted octanol–water partition coefficient (Wildman–Crippen LogP) is 6.44. The van der Waals surface area contributed by atoms with Gasteiger partial charge in [-0.2, -0.15) is 0 Å². The van der Waals surface area contributed by atoms with Gasteiger partial charge in [0.15, 0.2) is 0 Å². The Morgan fingerprint density at radius 3 is 1.66 bits per heavy atom. The van der Waals surface area contributed by atoms with Crippen LogP contribution >= 0.6 is 0 Å². The molecule has 0 saturated carbocycles. The number of amides is 4. The number of carboxylic acid groups (broad SMARTS) is 1. The third kappa shape index (κ3) is 9.04. The van der Waals surface area contributed by atoms with E-state index < -0.39 is 24.3 Å². The van der Waals surface area contributed by atoms with Gasteiger partial charge in [0.05, 0.1) is 43.0 Å². The van der Waals surface area contributed by atoms with Crippen LogP contribution in [0.15, 0.2) is 110 Å². The first kappa shape index (κ1) is 41.4. The Labute approximate surface area is 358 Å². The number of hydrogen-bond donors (Lipinski definition) is 4. The number of carbonyl (C=O) groups excluding carboxylic acids is 3. The SMILES string of the molecule is COC(=O)N[C@@H](Cc1ccccn1)C(=O)N1CCC[C@H]1c1ncc(-c2ccc(-c3ccc(-c4cnc([C@@H]5CCCN5C(=O)[C@H](Cc5ccccn5)N(C)C(=O)O)[nH]4)cc3)cc2)[nH]1. The van der Waals surface area contributed by atoms with E-state index in [0.717, 1.165) is 57.8 Å². The van der Waals surface area contributed by atoms with Crippen molar-refractivity contribution in [3.05, 3.63) is 133 Å². The second-order valence-electron chi connectivity index (χ2n) is 15.5. The number of alkyl carbamates (subject to hydrolysis) is 1. The Hall–Kier alpha value is -7.36. The molecule has 2 aliphatic heterocycles. The Bertz CT molecular complexity index is 2490. The van der Waals surface area contributed by atoms with Crippen molar-refractivity contribution in [3.63, 3.8) is 0 Å². The molecule has 0 spiro atoms. The molecule has 318 valence electrons. The van der Waals surface area contributed by atoms with Crippen LogP contribution in [0.2, 0.25) is 0 Å². The van der Waals surface area contributed by atoms with Crippen LogP contribution in [-0.4, -0.2) is 113 Å². The molecule has 16 heteroatoms. The van der Waals surface area contributed by atoms with Gasteiger partial charge in [-0.3, -0.25) is 24.5 Å². The number of pyridine rings is 2. The molecule has 4 atom stereocenters. The quantitative estimate of drug-likeness (QED) is 0.100. The number of hydrogen-bond acceptors (Lipinski definition) is 9. The fraction of sp³-hybridized carbons (Fsp3) is 0.304. The molecular formula is C46H48N10O6. The highest BCUT2D eigenvalue weighted by molar-refractivity contribution is 5.87. The number of aromatic nitrogens is 6. The van der Waals surface area contributed by atoms with Gasteiger partial charge >= 0.3 is 12.2 Å². The zero-order valence-corrected chi connectivity index (χ0v) is 34.5. The van der Waals surface area contributed by atoms with Gasteiger partial charge in [-0.25, -0.2) is 19.6 Å². The van der Waals surface area contributed by atoms with Crippen molar-refractivity contribution in [1.29, 1.82) is 0 Å². The molecule has 6 heterocycles. The van der Waals surface area contributed by atoms with Gasteiger partial charge in [0, 0.05) is 56.8 Å². The van der Waals surface area contributed by atoms with Gasteiger partial charge in [-0.15, -0.1) is 0 Å². The first-order valence-electron chi connectivity index (χ1n) is 20.7. The number of nitrogens with zero attached hydrogens (tertiary/aromatic N) is 7. The van der Waals surface area contributed by atoms with E-state index in [-0.39, 0.29) is 36.7 Å². The highest BCUT2D eigenvalue weighted by Crippen LogP contribution is 2.35. The minimum atomic E-state index is -1.18. The van der Waals surface area contributed by atoms with Crippen molar-refractivity contribution < 1.29 is 29.0 Å². The summed E-state index contributed by atoms with van der Waals surface area (Å²) in [6.07, 6.45) is 8.43. The molecule has 2 aliphatic rings. The lowest BCUT2D eigenvalue weighted by Crippen LogP contribution is -2.50. The van der Waals surface area contributed by atoms with Crippen LogP contribution in [0.4, 0.5) is 9.59 Å². The van der Waals surface area contributed by atoms with Crippen LogP contribution in [0.25, 0.3) is 33.6 Å². The molecule has 0 unspecified atom stereocenters. The molecule has 16 nitrogen and oxygen atoms in total. The zero-order chi connectivity index (χ0) is 43.2. The maximum absolute atomic E-state index is 13.9. The minimum absolute atomic E-state index is 0.172. The number of likely N-dealkylation sites (tertiary alicyclic amines) is 2. The van der Waals surface area contributed by atoms with E-state index in [2.05, 4.69) is 54.5 Å². The standard InChI is InChI=1S/C46H48N10O6/c1-54(46(60)61)40(26-34-10-4-6-22-48-34)44(58)56-24-8-12-39(56)42-50-28-37(52-42)32-19-15-30(16-20-32)29-13-17-31(18-14-29)36-27-49-41(51-36)38-11-7-23-55(38)43(57)35(53-45(59)62-2)25-33-9-3-5-21-47-33/h3-6,9-10,13-22,27-28,35,38-40H,7-8,11-12,23-26H2,1-2H3,(H,49,51)(H,50,52)(H,53,59)(H,60,61)/t35-,38-,39-,40-/m0/s1. The Balaban J connectivity index is 0.918. The van der Waals surface area contributed by atoms with Gasteiger partial charge in [-0.05, 0) is 72.2 Å². The molecule has 4 aromatic heterocycles. The summed E-state index contributed by atoms with van der Waals surface area (Å²) in [4.78, 5) is 81.5. The second kappa shape index (κ2) is 18.5. The van der Waals surface area contributed by atoms with Crippen molar-refractivity contribution in [3.8, 4) is 33.6 Å². The lowest BCUT2D eigenvalue weighted by molar-refractivity contribution is -0.137. The number of imidazole rings is 2. The van der Waals surface area contributed by atoms with Crippen LogP contribution in [0.3, 0.4) is 0 Å². The zero-order valence-electron chi connectivity index (χ0n) is 34.5. The molecule has 62 heavy (non-hydrogen) atoms. The predicted molar refractivity (Wildman–Crippen MR) is 229 cm³/mol. The number of ether oxygens (including phenoxy) is 1. The third-order valence-corrected chi connectivity index (χ3v) is 11.7. The van der Waals surface area contributed by atoms with Gasteiger partial charge < -0.3 is 34.9 Å². The topological polar surface area (TPSA) is 203 Å². The van der Waals surface area contributed by atoms with Crippen molar-refractivity contribution >= 4 is 24.0 Å². The highest BCUT2D eigenvalue weighted by Gasteiger charge is 2.39. The average molecular weight is 837 g/mol. The molecule has 8 rings (SSSR count). The summed E-state index contributed by atoms with van der Waals surface area (Å²) in [5, 5.41) is 12.5. The van der Waals surface area contributed by atoms with Gasteiger partial charge in [0.2, 0.25) is 11.8 Å². The molecule has 2 aromatic carbocycles. The largest absolute Gasteiger partial charge is 0.465 e. The van der Waals surface area contributed by atoms with Crippen LogP contribution < -0.4 is 5.32 Å². The van der Waals surface area contributed by atoms with Crippen LogP contribution in [0.1, 0.15) is 60.8 Å². The Morgan fingerprint density at radius 1 is 0.710 bits per heavy atom. The highest BCUT2D eigenvalue weighted by atomic mass is 16.5. The molecule has 2 fully saturated rings. The number of carbonyl (C=O) groups is 4. The summed E-state index contributed by atoms with van der Waals surface area (Å²) < 4.78 is 4.82. The van der Waals surface area contributed by atoms with Gasteiger partial charge in [-0.1, -0.05) is 60.7 Å². The number of likely N-dealkylation sites (N-methyl/N-ethyl adjacent to an activating group) is 1. The van der Waals surface area contributed by atoms with E-state index >= 15 is 0 Å². The third-order valence-electron chi connectivity index (χ3n) is 11.7. The first-order valence-corrected chi connectivity index (χ1v) is 20.7. The summed E-state index contributed by atoms with van der Waals surface area (Å²) in [7, 11) is 2.69. The monoisotopic (exact) mass is 836 g/mol. The normalized spacial score (nSPS) is 17.1. The minimum Gasteiger partial charge on any atom is -0.465 e. The molecule has 6 aromatic rings. The summed E-state index contributed by atoms with van der Waals surface area (Å²) in [6.45, 7) is 1.05. The van der Waals surface area contributed by atoms with E-state index in [0.29, 0.717) is 42.5 Å². The molecule has 4 N–H and O–H groups in total. The number of methoxy groups -OCH3 is 1. The number of benzene rings is 2. The average Bonchev–Trinajstić information content (AvgIpc) is 4.16. The van der Waals surface area contributed by atoms with Gasteiger partial charge in [0.25, 0.3) is 0 Å². The maximum atomic E-state index is 13.9. The van der Waals surface area contributed by atoms with Crippen molar-refractivity contribution in [2.45, 2.75) is 62.7 Å². The molecule has 0 radical (unpaired) electrons. The van der Waals surface area contributed by atoms with Crippen LogP contribution in [0.5, 0.6) is 0 Å². The summed E-state index contributed by atoms with van der Waals surface area (Å²) in [5.74, 6) is 0.861. The molecule has 0 bridgehead atoms. The summed E-state index contributed by atoms with van der Waals surface area (Å²) in [5.41, 5.74) is 6.91. The number of H-pyrrole nitrogens is 2.